The molecule has 0 saturated heterocycles. The van der Waals surface area contributed by atoms with E-state index in [1.807, 2.05) is 0 Å². The van der Waals surface area contributed by atoms with E-state index < -0.39 is 5.76 Å². The standard InChI is InChI=1S/C11H9F2N3OS2/c12-11(13)19-7-3-1-6(2-4-7)16-10(17)8-9(14)15-5-18-8/h1-5,11H,14H2,(H,16,17). The molecular formula is C11H9F2N3OS2. The first-order valence-corrected chi connectivity index (χ1v) is 6.87. The molecule has 1 heterocycles. The number of amides is 1. The Labute approximate surface area is 116 Å². The first-order valence-electron chi connectivity index (χ1n) is 5.11. The van der Waals surface area contributed by atoms with Crippen molar-refractivity contribution >= 4 is 40.5 Å². The monoisotopic (exact) mass is 301 g/mol. The van der Waals surface area contributed by atoms with E-state index in [9.17, 15) is 13.6 Å². The van der Waals surface area contributed by atoms with Crippen LogP contribution >= 0.6 is 23.1 Å². The molecule has 0 aliphatic carbocycles. The van der Waals surface area contributed by atoms with Crippen molar-refractivity contribution in [3.8, 4) is 0 Å². The van der Waals surface area contributed by atoms with Crippen molar-refractivity contribution < 1.29 is 13.6 Å². The van der Waals surface area contributed by atoms with Crippen molar-refractivity contribution in [2.75, 3.05) is 11.1 Å². The lowest BCUT2D eigenvalue weighted by atomic mass is 10.3. The molecule has 0 spiro atoms. The molecule has 1 aromatic heterocycles. The minimum Gasteiger partial charge on any atom is -0.382 e. The van der Waals surface area contributed by atoms with E-state index in [0.29, 0.717) is 27.2 Å². The topological polar surface area (TPSA) is 68.0 Å². The number of thiazole rings is 1. The van der Waals surface area contributed by atoms with Crippen molar-refractivity contribution in [2.45, 2.75) is 10.7 Å². The molecular weight excluding hydrogens is 292 g/mol. The molecule has 0 aliphatic rings. The minimum absolute atomic E-state index is 0.173. The van der Waals surface area contributed by atoms with Gasteiger partial charge < -0.3 is 11.1 Å². The van der Waals surface area contributed by atoms with Gasteiger partial charge in [0, 0.05) is 10.6 Å². The van der Waals surface area contributed by atoms with E-state index in [4.69, 9.17) is 5.73 Å². The summed E-state index contributed by atoms with van der Waals surface area (Å²) in [5.74, 6) is -2.65. The Bertz CT molecular complexity index is 572. The molecule has 3 N–H and O–H groups in total. The van der Waals surface area contributed by atoms with Gasteiger partial charge in [-0.25, -0.2) is 4.98 Å². The minimum atomic E-state index is -2.46. The zero-order valence-electron chi connectivity index (χ0n) is 9.47. The summed E-state index contributed by atoms with van der Waals surface area (Å²) >= 11 is 1.59. The smallest absolute Gasteiger partial charge is 0.288 e. The first-order chi connectivity index (χ1) is 9.06. The average Bonchev–Trinajstić information content (AvgIpc) is 2.77. The first kappa shape index (κ1) is 13.8. The molecule has 2 aromatic rings. The maximum absolute atomic E-state index is 12.1. The van der Waals surface area contributed by atoms with Crippen molar-refractivity contribution in [1.29, 1.82) is 0 Å². The molecule has 0 saturated carbocycles. The van der Waals surface area contributed by atoms with E-state index >= 15 is 0 Å². The van der Waals surface area contributed by atoms with Gasteiger partial charge in [0.15, 0.2) is 0 Å². The molecule has 0 unspecified atom stereocenters. The summed E-state index contributed by atoms with van der Waals surface area (Å²) in [5.41, 5.74) is 7.52. The fourth-order valence-electron chi connectivity index (χ4n) is 1.33. The number of benzene rings is 1. The fraction of sp³-hybridized carbons (Fsp3) is 0.0909. The van der Waals surface area contributed by atoms with Gasteiger partial charge in [-0.2, -0.15) is 8.78 Å². The van der Waals surface area contributed by atoms with Gasteiger partial charge in [-0.3, -0.25) is 4.79 Å². The third-order valence-electron chi connectivity index (χ3n) is 2.14. The summed E-state index contributed by atoms with van der Waals surface area (Å²) in [5, 5.41) is 2.62. The van der Waals surface area contributed by atoms with Gasteiger partial charge in [0.1, 0.15) is 10.7 Å². The lowest BCUT2D eigenvalue weighted by molar-refractivity contribution is 0.103. The number of nitrogens with one attached hydrogen (secondary N) is 1. The van der Waals surface area contributed by atoms with Crippen LogP contribution in [0.3, 0.4) is 0 Å². The second-order valence-corrected chi connectivity index (χ2v) is 5.34. The average molecular weight is 301 g/mol. The molecule has 4 nitrogen and oxygen atoms in total. The third kappa shape index (κ3) is 3.65. The van der Waals surface area contributed by atoms with Gasteiger partial charge in [-0.15, -0.1) is 11.3 Å². The zero-order chi connectivity index (χ0) is 13.8. The van der Waals surface area contributed by atoms with E-state index in [1.54, 1.807) is 12.1 Å². The number of carbonyl (C=O) groups is 1. The molecule has 100 valence electrons. The van der Waals surface area contributed by atoms with Crippen molar-refractivity contribution in [3.63, 3.8) is 0 Å². The predicted molar refractivity (Wildman–Crippen MR) is 72.8 cm³/mol. The third-order valence-corrected chi connectivity index (χ3v) is 3.70. The molecule has 19 heavy (non-hydrogen) atoms. The van der Waals surface area contributed by atoms with Gasteiger partial charge in [0.2, 0.25) is 0 Å². The Hall–Kier alpha value is -1.67. The number of alkyl halides is 2. The van der Waals surface area contributed by atoms with E-state index in [1.165, 1.54) is 17.6 Å². The Balaban J connectivity index is 2.04. The van der Waals surface area contributed by atoms with Gasteiger partial charge in [0.05, 0.1) is 5.51 Å². The Morgan fingerprint density at radius 3 is 2.58 bits per heavy atom. The van der Waals surface area contributed by atoms with Crippen LogP contribution in [0.1, 0.15) is 9.67 Å². The van der Waals surface area contributed by atoms with Crippen molar-refractivity contribution in [1.82, 2.24) is 4.98 Å². The highest BCUT2D eigenvalue weighted by molar-refractivity contribution is 7.99. The molecule has 8 heteroatoms. The van der Waals surface area contributed by atoms with Gasteiger partial charge in [0.25, 0.3) is 11.7 Å². The highest BCUT2D eigenvalue weighted by Crippen LogP contribution is 2.26. The number of nitrogen functional groups attached to an aromatic ring is 1. The number of aromatic nitrogens is 1. The van der Waals surface area contributed by atoms with Crippen LogP contribution in [0.2, 0.25) is 0 Å². The SMILES string of the molecule is Nc1ncsc1C(=O)Nc1ccc(SC(F)F)cc1. The summed E-state index contributed by atoms with van der Waals surface area (Å²) in [6.07, 6.45) is 0. The molecule has 2 rings (SSSR count). The van der Waals surface area contributed by atoms with Gasteiger partial charge >= 0.3 is 0 Å². The number of rotatable bonds is 4. The number of carbonyl (C=O) groups excluding carboxylic acids is 1. The Morgan fingerprint density at radius 1 is 1.37 bits per heavy atom. The lowest BCUT2D eigenvalue weighted by Crippen LogP contribution is -2.12. The number of hydrogen-bond donors (Lipinski definition) is 2. The van der Waals surface area contributed by atoms with Crippen LogP contribution in [0.15, 0.2) is 34.7 Å². The van der Waals surface area contributed by atoms with E-state index in [2.05, 4.69) is 10.3 Å². The lowest BCUT2D eigenvalue weighted by Gasteiger charge is -2.05. The maximum atomic E-state index is 12.1. The molecule has 1 amide bonds. The van der Waals surface area contributed by atoms with E-state index in [0.717, 1.165) is 11.3 Å². The Morgan fingerprint density at radius 2 is 2.05 bits per heavy atom. The second-order valence-electron chi connectivity index (χ2n) is 3.42. The largest absolute Gasteiger partial charge is 0.382 e. The van der Waals surface area contributed by atoms with E-state index in [-0.39, 0.29) is 11.7 Å². The van der Waals surface area contributed by atoms with Crippen LogP contribution in [-0.2, 0) is 0 Å². The molecule has 0 aliphatic heterocycles. The number of halogens is 2. The number of thioether (sulfide) groups is 1. The van der Waals surface area contributed by atoms with Crippen molar-refractivity contribution in [2.24, 2.45) is 0 Å². The second kappa shape index (κ2) is 5.98. The highest BCUT2D eigenvalue weighted by Gasteiger charge is 2.12. The van der Waals surface area contributed by atoms with Crippen LogP contribution < -0.4 is 11.1 Å². The number of nitrogens with two attached hydrogens (primary N) is 1. The van der Waals surface area contributed by atoms with Crippen LogP contribution in [0.5, 0.6) is 0 Å². The van der Waals surface area contributed by atoms with Crippen molar-refractivity contribution in [3.05, 3.63) is 34.7 Å². The molecule has 0 fully saturated rings. The van der Waals surface area contributed by atoms with Crippen LogP contribution in [0, 0.1) is 0 Å². The quantitative estimate of drug-likeness (QED) is 0.850. The normalized spacial score (nSPS) is 10.7. The number of anilines is 2. The molecule has 1 aromatic carbocycles. The predicted octanol–water partition coefficient (Wildman–Crippen LogP) is 3.29. The van der Waals surface area contributed by atoms with Gasteiger partial charge in [-0.1, -0.05) is 11.8 Å². The summed E-state index contributed by atoms with van der Waals surface area (Å²) in [7, 11) is 0. The number of hydrogen-bond acceptors (Lipinski definition) is 5. The summed E-state index contributed by atoms with van der Waals surface area (Å²) in [6.45, 7) is 0. The number of nitrogens with zero attached hydrogens (tertiary/aromatic N) is 1. The van der Waals surface area contributed by atoms with Gasteiger partial charge in [-0.05, 0) is 24.3 Å². The summed E-state index contributed by atoms with van der Waals surface area (Å²) in [4.78, 5) is 16.3. The van der Waals surface area contributed by atoms with Crippen LogP contribution in [-0.4, -0.2) is 16.6 Å². The Kier molecular flexibility index (Phi) is 4.33. The molecule has 0 radical (unpaired) electrons. The fourth-order valence-corrected chi connectivity index (χ4v) is 2.43. The summed E-state index contributed by atoms with van der Waals surface area (Å²) < 4.78 is 24.3. The van der Waals surface area contributed by atoms with Crippen LogP contribution in [0.25, 0.3) is 0 Å². The van der Waals surface area contributed by atoms with Crippen LogP contribution in [0.4, 0.5) is 20.3 Å². The molecule has 0 atom stereocenters. The maximum Gasteiger partial charge on any atom is 0.288 e. The zero-order valence-corrected chi connectivity index (χ0v) is 11.1. The summed E-state index contributed by atoms with van der Waals surface area (Å²) in [6, 6.07) is 6.14. The molecule has 0 bridgehead atoms. The highest BCUT2D eigenvalue weighted by atomic mass is 32.2.